The van der Waals surface area contributed by atoms with E-state index < -0.39 is 6.04 Å². The number of carbonyl (C=O) groups excluding carboxylic acids is 1. The van der Waals surface area contributed by atoms with E-state index in [1.807, 2.05) is 0 Å². The summed E-state index contributed by atoms with van der Waals surface area (Å²) in [4.78, 5) is 17.5. The quantitative estimate of drug-likeness (QED) is 0.737. The van der Waals surface area contributed by atoms with Gasteiger partial charge in [0.25, 0.3) is 0 Å². The van der Waals surface area contributed by atoms with Gasteiger partial charge in [-0.05, 0) is 0 Å². The van der Waals surface area contributed by atoms with Crippen LogP contribution in [0.4, 0.5) is 0 Å². The average Bonchev–Trinajstić information content (AvgIpc) is 2.98. The van der Waals surface area contributed by atoms with Crippen LogP contribution in [0.25, 0.3) is 0 Å². The average molecular weight is 249 g/mol. The van der Waals surface area contributed by atoms with Crippen molar-refractivity contribution in [2.75, 3.05) is 7.05 Å². The number of likely N-dealkylation sites (N-methyl/N-ethyl adjacent to an activating group) is 1. The number of hydrogen-bond acceptors (Lipinski definition) is 5. The monoisotopic (exact) mass is 249 g/mol. The van der Waals surface area contributed by atoms with Gasteiger partial charge in [0.05, 0.1) is 12.7 Å². The molecule has 96 valence electrons. The maximum absolute atomic E-state index is 12.1. The molecule has 2 aromatic rings. The third-order valence-corrected chi connectivity index (χ3v) is 2.58. The van der Waals surface area contributed by atoms with Crippen molar-refractivity contribution in [1.29, 1.82) is 0 Å². The first-order valence-corrected chi connectivity index (χ1v) is 5.41. The maximum Gasteiger partial charge on any atom is 0.244 e. The molecule has 0 aliphatic heterocycles. The Morgan fingerprint density at radius 3 is 3.00 bits per heavy atom. The van der Waals surface area contributed by atoms with Gasteiger partial charge in [-0.2, -0.15) is 10.2 Å². The van der Waals surface area contributed by atoms with E-state index in [0.29, 0.717) is 17.9 Å². The number of aryl methyl sites for hydroxylation is 1. The first-order chi connectivity index (χ1) is 8.58. The highest BCUT2D eigenvalue weighted by Gasteiger charge is 2.21. The smallest absolute Gasteiger partial charge is 0.244 e. The fourth-order valence-electron chi connectivity index (χ4n) is 1.59. The summed E-state index contributed by atoms with van der Waals surface area (Å²) in [5.74, 6) is 0.420. The van der Waals surface area contributed by atoms with Crippen molar-refractivity contribution >= 4 is 5.91 Å². The zero-order valence-corrected chi connectivity index (χ0v) is 10.2. The maximum atomic E-state index is 12.1. The number of amides is 1. The van der Waals surface area contributed by atoms with Crippen LogP contribution in [0, 0.1) is 0 Å². The van der Waals surface area contributed by atoms with Gasteiger partial charge in [0.1, 0.15) is 18.2 Å². The summed E-state index contributed by atoms with van der Waals surface area (Å²) in [5.41, 5.74) is 6.58. The zero-order valence-electron chi connectivity index (χ0n) is 10.2. The molecule has 8 nitrogen and oxygen atoms in total. The number of aromatic amines is 1. The number of H-pyrrole nitrogens is 1. The van der Waals surface area contributed by atoms with Crippen molar-refractivity contribution in [2.45, 2.75) is 12.6 Å². The summed E-state index contributed by atoms with van der Waals surface area (Å²) < 4.78 is 1.61. The van der Waals surface area contributed by atoms with Crippen molar-refractivity contribution in [3.8, 4) is 0 Å². The van der Waals surface area contributed by atoms with E-state index in [0.717, 1.165) is 0 Å². The summed E-state index contributed by atoms with van der Waals surface area (Å²) in [6, 6.07) is -0.716. The second-order valence-electron chi connectivity index (χ2n) is 4.05. The third-order valence-electron chi connectivity index (χ3n) is 2.58. The lowest BCUT2D eigenvalue weighted by Crippen LogP contribution is -2.35. The molecule has 2 aromatic heterocycles. The van der Waals surface area contributed by atoms with E-state index in [1.165, 1.54) is 11.2 Å². The third kappa shape index (κ3) is 2.54. The summed E-state index contributed by atoms with van der Waals surface area (Å²) in [6.07, 6.45) is 4.71. The van der Waals surface area contributed by atoms with Crippen LogP contribution < -0.4 is 5.73 Å². The van der Waals surface area contributed by atoms with Crippen LogP contribution in [0.2, 0.25) is 0 Å². The molecule has 0 spiro atoms. The molecule has 3 N–H and O–H groups in total. The first kappa shape index (κ1) is 12.2. The molecule has 0 aliphatic rings. The minimum Gasteiger partial charge on any atom is -0.337 e. The first-order valence-electron chi connectivity index (χ1n) is 5.41. The highest BCUT2D eigenvalue weighted by Crippen LogP contribution is 2.12. The Bertz CT molecular complexity index is 518. The molecular weight excluding hydrogens is 234 g/mol. The zero-order chi connectivity index (χ0) is 13.1. The Hall–Kier alpha value is -2.22. The van der Waals surface area contributed by atoms with Gasteiger partial charge in [0, 0.05) is 25.9 Å². The van der Waals surface area contributed by atoms with Gasteiger partial charge in [0.15, 0.2) is 0 Å². The molecule has 2 rings (SSSR count). The highest BCUT2D eigenvalue weighted by atomic mass is 16.2. The fraction of sp³-hybridized carbons (Fsp3) is 0.400. The molecule has 1 unspecified atom stereocenters. The van der Waals surface area contributed by atoms with E-state index in [2.05, 4.69) is 20.3 Å². The molecule has 0 bridgehead atoms. The van der Waals surface area contributed by atoms with E-state index >= 15 is 0 Å². The number of rotatable bonds is 4. The Labute approximate surface area is 104 Å². The standard InChI is InChI=1S/C10H15N7O/c1-16(5-8-12-6-13-15-8)10(18)9(11)7-3-14-17(2)4-7/h3-4,6,9H,5,11H2,1-2H3,(H,12,13,15). The SMILES string of the molecule is CN(Cc1ncn[nH]1)C(=O)C(N)c1cnn(C)c1. The van der Waals surface area contributed by atoms with Crippen LogP contribution in [0.15, 0.2) is 18.7 Å². The van der Waals surface area contributed by atoms with Crippen LogP contribution in [0.1, 0.15) is 17.4 Å². The number of nitrogens with one attached hydrogen (secondary N) is 1. The number of carbonyl (C=O) groups is 1. The summed E-state index contributed by atoms with van der Waals surface area (Å²) in [5, 5.41) is 10.4. The lowest BCUT2D eigenvalue weighted by Gasteiger charge is -2.19. The number of aromatic nitrogens is 5. The van der Waals surface area contributed by atoms with Crippen LogP contribution in [-0.4, -0.2) is 42.8 Å². The van der Waals surface area contributed by atoms with E-state index in [9.17, 15) is 4.79 Å². The van der Waals surface area contributed by atoms with Gasteiger partial charge < -0.3 is 10.6 Å². The summed E-state index contributed by atoms with van der Waals surface area (Å²) in [6.45, 7) is 0.340. The van der Waals surface area contributed by atoms with Gasteiger partial charge in [-0.1, -0.05) is 0 Å². The molecule has 2 heterocycles. The summed E-state index contributed by atoms with van der Waals surface area (Å²) in [7, 11) is 3.44. The van der Waals surface area contributed by atoms with Crippen LogP contribution >= 0.6 is 0 Å². The van der Waals surface area contributed by atoms with Crippen LogP contribution in [-0.2, 0) is 18.4 Å². The molecule has 8 heteroatoms. The van der Waals surface area contributed by atoms with E-state index in [4.69, 9.17) is 5.73 Å². The molecule has 0 saturated carbocycles. The molecular formula is C10H15N7O. The molecule has 1 atom stereocenters. The predicted molar refractivity (Wildman–Crippen MR) is 63.0 cm³/mol. The van der Waals surface area contributed by atoms with Crippen LogP contribution in [0.3, 0.4) is 0 Å². The van der Waals surface area contributed by atoms with Gasteiger partial charge in [-0.3, -0.25) is 14.6 Å². The van der Waals surface area contributed by atoms with Gasteiger partial charge in [-0.15, -0.1) is 0 Å². The normalized spacial score (nSPS) is 12.4. The Balaban J connectivity index is 2.02. The molecule has 1 amide bonds. The minimum absolute atomic E-state index is 0.195. The molecule has 0 aromatic carbocycles. The van der Waals surface area contributed by atoms with Gasteiger partial charge in [-0.25, -0.2) is 4.98 Å². The van der Waals surface area contributed by atoms with E-state index in [-0.39, 0.29) is 5.91 Å². The van der Waals surface area contributed by atoms with Gasteiger partial charge >= 0.3 is 0 Å². The molecule has 0 aliphatic carbocycles. The molecule has 0 fully saturated rings. The molecule has 18 heavy (non-hydrogen) atoms. The topological polar surface area (TPSA) is 106 Å². The van der Waals surface area contributed by atoms with Gasteiger partial charge in [0.2, 0.25) is 5.91 Å². The lowest BCUT2D eigenvalue weighted by atomic mass is 10.1. The minimum atomic E-state index is -0.716. The van der Waals surface area contributed by atoms with Crippen LogP contribution in [0.5, 0.6) is 0 Å². The fourth-order valence-corrected chi connectivity index (χ4v) is 1.59. The summed E-state index contributed by atoms with van der Waals surface area (Å²) >= 11 is 0. The number of nitrogens with two attached hydrogens (primary N) is 1. The lowest BCUT2D eigenvalue weighted by molar-refractivity contribution is -0.132. The Morgan fingerprint density at radius 1 is 1.67 bits per heavy atom. The van der Waals surface area contributed by atoms with E-state index in [1.54, 1.807) is 31.2 Å². The van der Waals surface area contributed by atoms with Crippen molar-refractivity contribution in [1.82, 2.24) is 29.9 Å². The number of hydrogen-bond donors (Lipinski definition) is 2. The van der Waals surface area contributed by atoms with Crippen molar-refractivity contribution in [3.63, 3.8) is 0 Å². The van der Waals surface area contributed by atoms with Crippen molar-refractivity contribution < 1.29 is 4.79 Å². The largest absolute Gasteiger partial charge is 0.337 e. The number of nitrogens with zero attached hydrogens (tertiary/aromatic N) is 5. The molecule has 0 saturated heterocycles. The van der Waals surface area contributed by atoms with Crippen molar-refractivity contribution in [2.24, 2.45) is 12.8 Å². The Kier molecular flexibility index (Phi) is 3.38. The van der Waals surface area contributed by atoms with Crippen molar-refractivity contribution in [3.05, 3.63) is 30.1 Å². The Morgan fingerprint density at radius 2 is 2.44 bits per heavy atom. The highest BCUT2D eigenvalue weighted by molar-refractivity contribution is 5.82. The second-order valence-corrected chi connectivity index (χ2v) is 4.05. The molecule has 0 radical (unpaired) electrons. The second kappa shape index (κ2) is 4.96. The predicted octanol–water partition coefficient (Wildman–Crippen LogP) is -0.803.